The molecule has 0 bridgehead atoms. The van der Waals surface area contributed by atoms with Crippen LogP contribution in [0.3, 0.4) is 0 Å². The van der Waals surface area contributed by atoms with Crippen LogP contribution in [0.25, 0.3) is 0 Å². The summed E-state index contributed by atoms with van der Waals surface area (Å²) in [5.74, 6) is -1.17. The highest BCUT2D eigenvalue weighted by Gasteiger charge is 2.25. The summed E-state index contributed by atoms with van der Waals surface area (Å²) in [5, 5.41) is 5.97. The fourth-order valence-corrected chi connectivity index (χ4v) is 2.68. The minimum atomic E-state index is -0.585. The number of benzene rings is 1. The monoisotopic (exact) mass is 326 g/mol. The number of halogens is 2. The zero-order valence-corrected chi connectivity index (χ0v) is 13.8. The molecule has 0 saturated heterocycles. The second-order valence-electron chi connectivity index (χ2n) is 6.96. The first-order valence-corrected chi connectivity index (χ1v) is 7.94. The summed E-state index contributed by atoms with van der Waals surface area (Å²) in [5.41, 5.74) is -0.196. The predicted molar refractivity (Wildman–Crippen MR) is 85.4 cm³/mol. The standard InChI is InChI=1S/C17H24F2N2O2/c1-17(2,3)23-16(22)21-13-7-5-12(6-8-13)20-15-9-4-11(18)10-14(15)19/h4,9-10,12-13,20H,5-8H2,1-3H3,(H,21,22)/t12-,13+. The van der Waals surface area contributed by atoms with Crippen molar-refractivity contribution in [2.75, 3.05) is 5.32 Å². The SMILES string of the molecule is CC(C)(C)OC(=O)N[C@H]1CC[C@@H](Nc2ccc(F)cc2F)CC1. The van der Waals surface area contributed by atoms with Gasteiger partial charge in [-0.2, -0.15) is 0 Å². The van der Waals surface area contributed by atoms with Crippen LogP contribution in [0.4, 0.5) is 19.3 Å². The molecule has 1 saturated carbocycles. The maximum atomic E-state index is 13.6. The van der Waals surface area contributed by atoms with E-state index in [1.807, 2.05) is 20.8 Å². The Morgan fingerprint density at radius 1 is 1.13 bits per heavy atom. The van der Waals surface area contributed by atoms with Crippen LogP contribution >= 0.6 is 0 Å². The molecule has 0 radical (unpaired) electrons. The number of ether oxygens (including phenoxy) is 1. The van der Waals surface area contributed by atoms with Gasteiger partial charge in [0.1, 0.15) is 17.2 Å². The summed E-state index contributed by atoms with van der Waals surface area (Å²) in [4.78, 5) is 11.7. The van der Waals surface area contributed by atoms with Crippen LogP contribution in [-0.4, -0.2) is 23.8 Å². The number of hydrogen-bond acceptors (Lipinski definition) is 3. The lowest BCUT2D eigenvalue weighted by Crippen LogP contribution is -2.42. The quantitative estimate of drug-likeness (QED) is 0.875. The molecule has 0 heterocycles. The van der Waals surface area contributed by atoms with Gasteiger partial charge in [0.15, 0.2) is 0 Å². The van der Waals surface area contributed by atoms with Crippen LogP contribution in [0.15, 0.2) is 18.2 Å². The molecular formula is C17H24F2N2O2. The summed E-state index contributed by atoms with van der Waals surface area (Å²) in [6, 6.07) is 3.71. The van der Waals surface area contributed by atoms with Gasteiger partial charge < -0.3 is 15.4 Å². The number of hydrogen-bond donors (Lipinski definition) is 2. The van der Waals surface area contributed by atoms with Gasteiger partial charge in [-0.3, -0.25) is 0 Å². The van der Waals surface area contributed by atoms with E-state index in [2.05, 4.69) is 10.6 Å². The molecule has 0 aromatic heterocycles. The van der Waals surface area contributed by atoms with Crippen LogP contribution in [0.2, 0.25) is 0 Å². The predicted octanol–water partition coefficient (Wildman–Crippen LogP) is 4.21. The molecule has 0 unspecified atom stereocenters. The summed E-state index contributed by atoms with van der Waals surface area (Å²) in [7, 11) is 0. The second-order valence-corrected chi connectivity index (χ2v) is 6.96. The zero-order chi connectivity index (χ0) is 17.0. The minimum absolute atomic E-state index is 0.0703. The molecule has 1 aliphatic rings. The summed E-state index contributed by atoms with van der Waals surface area (Å²) < 4.78 is 31.8. The molecule has 6 heteroatoms. The van der Waals surface area contributed by atoms with Gasteiger partial charge in [0.2, 0.25) is 0 Å². The van der Waals surface area contributed by atoms with Crippen LogP contribution in [0.1, 0.15) is 46.5 Å². The van der Waals surface area contributed by atoms with Gasteiger partial charge in [0.05, 0.1) is 5.69 Å². The van der Waals surface area contributed by atoms with Crippen molar-refractivity contribution in [1.29, 1.82) is 0 Å². The Morgan fingerprint density at radius 3 is 2.30 bits per heavy atom. The lowest BCUT2D eigenvalue weighted by atomic mass is 9.91. The number of nitrogens with one attached hydrogen (secondary N) is 2. The smallest absolute Gasteiger partial charge is 0.407 e. The first-order valence-electron chi connectivity index (χ1n) is 7.94. The van der Waals surface area contributed by atoms with Crippen LogP contribution < -0.4 is 10.6 Å². The van der Waals surface area contributed by atoms with Crippen molar-refractivity contribution in [2.24, 2.45) is 0 Å². The maximum absolute atomic E-state index is 13.6. The molecule has 2 rings (SSSR count). The molecular weight excluding hydrogens is 302 g/mol. The van der Waals surface area contributed by atoms with E-state index in [4.69, 9.17) is 4.74 Å². The molecule has 1 aromatic carbocycles. The maximum Gasteiger partial charge on any atom is 0.407 e. The van der Waals surface area contributed by atoms with Gasteiger partial charge in [0, 0.05) is 18.2 Å². The highest BCUT2D eigenvalue weighted by Crippen LogP contribution is 2.24. The fraction of sp³-hybridized carbons (Fsp3) is 0.588. The van der Waals surface area contributed by atoms with E-state index < -0.39 is 23.3 Å². The lowest BCUT2D eigenvalue weighted by Gasteiger charge is -2.31. The Balaban J connectivity index is 1.79. The highest BCUT2D eigenvalue weighted by molar-refractivity contribution is 5.68. The number of rotatable bonds is 3. The van der Waals surface area contributed by atoms with E-state index in [1.165, 1.54) is 12.1 Å². The Morgan fingerprint density at radius 2 is 1.74 bits per heavy atom. The van der Waals surface area contributed by atoms with E-state index in [0.29, 0.717) is 5.69 Å². The molecule has 4 nitrogen and oxygen atoms in total. The number of anilines is 1. The van der Waals surface area contributed by atoms with Crippen molar-refractivity contribution >= 4 is 11.8 Å². The lowest BCUT2D eigenvalue weighted by molar-refractivity contribution is 0.0492. The average Bonchev–Trinajstić information content (AvgIpc) is 2.42. The van der Waals surface area contributed by atoms with Crippen molar-refractivity contribution in [2.45, 2.75) is 64.1 Å². The molecule has 1 amide bonds. The highest BCUT2D eigenvalue weighted by atomic mass is 19.1. The molecule has 0 atom stereocenters. The third kappa shape index (κ3) is 5.69. The van der Waals surface area contributed by atoms with Gasteiger partial charge in [-0.05, 0) is 58.6 Å². The first-order chi connectivity index (χ1) is 10.7. The molecule has 0 aliphatic heterocycles. The summed E-state index contributed by atoms with van der Waals surface area (Å²) in [6.07, 6.45) is 2.78. The number of amides is 1. The van der Waals surface area contributed by atoms with Crippen LogP contribution in [0.5, 0.6) is 0 Å². The molecule has 1 aliphatic carbocycles. The van der Waals surface area contributed by atoms with Crippen molar-refractivity contribution in [1.82, 2.24) is 5.32 Å². The number of carbonyl (C=O) groups is 1. The molecule has 128 valence electrons. The van der Waals surface area contributed by atoms with E-state index in [0.717, 1.165) is 31.7 Å². The largest absolute Gasteiger partial charge is 0.444 e. The molecule has 23 heavy (non-hydrogen) atoms. The average molecular weight is 326 g/mol. The third-order valence-electron chi connectivity index (χ3n) is 3.74. The Labute approximate surface area is 135 Å². The Kier molecular flexibility index (Phi) is 5.44. The van der Waals surface area contributed by atoms with Crippen molar-refractivity contribution in [3.63, 3.8) is 0 Å². The first kappa shape index (κ1) is 17.5. The van der Waals surface area contributed by atoms with Gasteiger partial charge in [-0.25, -0.2) is 13.6 Å². The van der Waals surface area contributed by atoms with Crippen molar-refractivity contribution < 1.29 is 18.3 Å². The van der Waals surface area contributed by atoms with E-state index in [-0.39, 0.29) is 12.1 Å². The third-order valence-corrected chi connectivity index (χ3v) is 3.74. The summed E-state index contributed by atoms with van der Waals surface area (Å²) >= 11 is 0. The van der Waals surface area contributed by atoms with Gasteiger partial charge in [0.25, 0.3) is 0 Å². The van der Waals surface area contributed by atoms with Crippen molar-refractivity contribution in [3.8, 4) is 0 Å². The second kappa shape index (κ2) is 7.15. The zero-order valence-electron chi connectivity index (χ0n) is 13.8. The minimum Gasteiger partial charge on any atom is -0.444 e. The Hall–Kier alpha value is -1.85. The van der Waals surface area contributed by atoms with Gasteiger partial charge in [-0.15, -0.1) is 0 Å². The fourth-order valence-electron chi connectivity index (χ4n) is 2.68. The van der Waals surface area contributed by atoms with Crippen molar-refractivity contribution in [3.05, 3.63) is 29.8 Å². The summed E-state index contributed by atoms with van der Waals surface area (Å²) in [6.45, 7) is 5.47. The normalized spacial score (nSPS) is 21.6. The van der Waals surface area contributed by atoms with Crippen LogP contribution in [-0.2, 0) is 4.74 Å². The molecule has 1 fully saturated rings. The Bertz CT molecular complexity index is 550. The van der Waals surface area contributed by atoms with Crippen LogP contribution in [0, 0.1) is 11.6 Å². The van der Waals surface area contributed by atoms with Gasteiger partial charge in [-0.1, -0.05) is 0 Å². The van der Waals surface area contributed by atoms with E-state index >= 15 is 0 Å². The molecule has 1 aromatic rings. The van der Waals surface area contributed by atoms with Gasteiger partial charge >= 0.3 is 6.09 Å². The molecule has 2 N–H and O–H groups in total. The number of carbonyl (C=O) groups excluding carboxylic acids is 1. The number of alkyl carbamates (subject to hydrolysis) is 1. The molecule has 0 spiro atoms. The van der Waals surface area contributed by atoms with E-state index in [9.17, 15) is 13.6 Å². The van der Waals surface area contributed by atoms with E-state index in [1.54, 1.807) is 0 Å². The topological polar surface area (TPSA) is 50.4 Å².